The predicted molar refractivity (Wildman–Crippen MR) is 128 cm³/mol. The third-order valence-electron chi connectivity index (χ3n) is 5.99. The topological polar surface area (TPSA) is 108 Å². The predicted octanol–water partition coefficient (Wildman–Crippen LogP) is 4.21. The molecule has 2 aromatic heterocycles. The number of aliphatic hydroxyl groups excluding tert-OH is 1. The number of ketones is 1. The van der Waals surface area contributed by atoms with Crippen molar-refractivity contribution in [1.82, 2.24) is 15.0 Å². The van der Waals surface area contributed by atoms with Gasteiger partial charge in [-0.2, -0.15) is 0 Å². The Morgan fingerprint density at radius 2 is 1.82 bits per heavy atom. The van der Waals surface area contributed by atoms with E-state index in [2.05, 4.69) is 15.0 Å². The van der Waals surface area contributed by atoms with Gasteiger partial charge in [-0.3, -0.25) is 19.5 Å². The number of Topliss-reactive ketones (excluding diaryl/α,β-unsaturated/α-hetero) is 1. The summed E-state index contributed by atoms with van der Waals surface area (Å²) in [4.78, 5) is 39.6. The van der Waals surface area contributed by atoms with E-state index in [-0.39, 0.29) is 17.3 Å². The summed E-state index contributed by atoms with van der Waals surface area (Å²) in [6.07, 6.45) is 3.16. The van der Waals surface area contributed by atoms with E-state index in [1.165, 1.54) is 4.90 Å². The summed E-state index contributed by atoms with van der Waals surface area (Å²) in [5, 5.41) is 11.3. The number of aliphatic hydroxyl groups is 1. The molecule has 2 aromatic carbocycles. The van der Waals surface area contributed by atoms with Crippen molar-refractivity contribution in [3.8, 4) is 5.75 Å². The number of aromatic amines is 1. The maximum atomic E-state index is 13.3. The second-order valence-corrected chi connectivity index (χ2v) is 8.22. The van der Waals surface area contributed by atoms with E-state index in [0.717, 1.165) is 16.6 Å². The molecule has 1 saturated heterocycles. The Bertz CT molecular complexity index is 1470. The van der Waals surface area contributed by atoms with Crippen molar-refractivity contribution in [2.45, 2.75) is 19.9 Å². The van der Waals surface area contributed by atoms with Crippen molar-refractivity contribution in [1.29, 1.82) is 0 Å². The van der Waals surface area contributed by atoms with Crippen molar-refractivity contribution >= 4 is 34.4 Å². The first-order chi connectivity index (χ1) is 16.4. The van der Waals surface area contributed by atoms with E-state index in [9.17, 15) is 14.7 Å². The number of hydrogen-bond donors (Lipinski definition) is 2. The number of carbonyl (C=O) groups excluding carboxylic acids is 2. The molecule has 8 heteroatoms. The fraction of sp³-hybridized carbons (Fsp3) is 0.154. The minimum absolute atomic E-state index is 0.0163. The summed E-state index contributed by atoms with van der Waals surface area (Å²) in [5.74, 6) is -0.941. The average Bonchev–Trinajstić information content (AvgIpc) is 3.37. The number of nitrogens with zero attached hydrogens (tertiary/aromatic N) is 3. The molecule has 5 rings (SSSR count). The van der Waals surface area contributed by atoms with Crippen LogP contribution in [0.15, 0.2) is 66.5 Å². The lowest BCUT2D eigenvalue weighted by molar-refractivity contribution is -0.132. The number of anilines is 1. The number of amides is 1. The molecule has 1 atom stereocenters. The standard InChI is InChI=1S/C26H22N4O4/c1-14-4-6-18-19(12-14)29-26(28-18)30-22(16-8-10-27-11-9-16)21(24(32)25(30)33)23(31)17-5-7-20(34-3)15(2)13-17/h4-13,22,31H,1-3H3,(H,28,29)/b23-21+. The van der Waals surface area contributed by atoms with Crippen LogP contribution in [0, 0.1) is 13.8 Å². The Morgan fingerprint density at radius 1 is 1.06 bits per heavy atom. The van der Waals surface area contributed by atoms with Gasteiger partial charge in [0.25, 0.3) is 5.78 Å². The molecule has 170 valence electrons. The monoisotopic (exact) mass is 454 g/mol. The number of aromatic nitrogens is 3. The van der Waals surface area contributed by atoms with Crippen LogP contribution in [-0.4, -0.2) is 38.9 Å². The van der Waals surface area contributed by atoms with Crippen LogP contribution >= 0.6 is 0 Å². The highest BCUT2D eigenvalue weighted by atomic mass is 16.5. The summed E-state index contributed by atoms with van der Waals surface area (Å²) in [5.41, 5.74) is 4.25. The lowest BCUT2D eigenvalue weighted by Gasteiger charge is -2.22. The number of aryl methyl sites for hydroxylation is 2. The molecular weight excluding hydrogens is 432 g/mol. The van der Waals surface area contributed by atoms with E-state index in [0.29, 0.717) is 22.4 Å². The van der Waals surface area contributed by atoms with Crippen molar-refractivity contribution in [3.05, 3.63) is 88.8 Å². The number of H-pyrrole nitrogens is 1. The van der Waals surface area contributed by atoms with Crippen LogP contribution in [-0.2, 0) is 9.59 Å². The van der Waals surface area contributed by atoms with Crippen molar-refractivity contribution in [3.63, 3.8) is 0 Å². The van der Waals surface area contributed by atoms with Gasteiger partial charge in [0.15, 0.2) is 0 Å². The number of methoxy groups -OCH3 is 1. The van der Waals surface area contributed by atoms with E-state index in [1.807, 2.05) is 32.0 Å². The second kappa shape index (κ2) is 8.15. The highest BCUT2D eigenvalue weighted by molar-refractivity contribution is 6.51. The SMILES string of the molecule is COc1ccc(/C(O)=C2\C(=O)C(=O)N(c3nc4ccc(C)cc4[nH]3)C2c2ccncc2)cc1C. The number of rotatable bonds is 4. The van der Waals surface area contributed by atoms with Crippen molar-refractivity contribution in [2.24, 2.45) is 0 Å². The fourth-order valence-corrected chi connectivity index (χ4v) is 4.32. The number of imidazole rings is 1. The van der Waals surface area contributed by atoms with Crippen LogP contribution < -0.4 is 9.64 Å². The number of pyridine rings is 1. The van der Waals surface area contributed by atoms with E-state index in [4.69, 9.17) is 4.74 Å². The largest absolute Gasteiger partial charge is 0.507 e. The third kappa shape index (κ3) is 3.40. The van der Waals surface area contributed by atoms with Gasteiger partial charge in [-0.25, -0.2) is 4.98 Å². The number of hydrogen-bond acceptors (Lipinski definition) is 6. The van der Waals surface area contributed by atoms with E-state index >= 15 is 0 Å². The van der Waals surface area contributed by atoms with Gasteiger partial charge in [0.2, 0.25) is 5.95 Å². The van der Waals surface area contributed by atoms with E-state index in [1.54, 1.807) is 49.8 Å². The fourth-order valence-electron chi connectivity index (χ4n) is 4.32. The maximum Gasteiger partial charge on any atom is 0.302 e. The summed E-state index contributed by atoms with van der Waals surface area (Å²) in [6.45, 7) is 3.80. The molecule has 1 aliphatic heterocycles. The molecule has 0 bridgehead atoms. The maximum absolute atomic E-state index is 13.3. The molecule has 1 aliphatic rings. The van der Waals surface area contributed by atoms with Gasteiger partial charge in [-0.1, -0.05) is 6.07 Å². The van der Waals surface area contributed by atoms with Gasteiger partial charge in [0.05, 0.1) is 29.8 Å². The van der Waals surface area contributed by atoms with Crippen LogP contribution in [0.3, 0.4) is 0 Å². The Hall–Kier alpha value is -4.46. The highest BCUT2D eigenvalue weighted by Crippen LogP contribution is 2.41. The van der Waals surface area contributed by atoms with Gasteiger partial charge in [0, 0.05) is 18.0 Å². The van der Waals surface area contributed by atoms with Crippen molar-refractivity contribution < 1.29 is 19.4 Å². The normalized spacial score (nSPS) is 17.5. The molecule has 2 N–H and O–H groups in total. The number of carbonyl (C=O) groups is 2. The Kier molecular flexibility index (Phi) is 5.13. The number of nitrogens with one attached hydrogen (secondary N) is 1. The van der Waals surface area contributed by atoms with Crippen LogP contribution in [0.2, 0.25) is 0 Å². The van der Waals surface area contributed by atoms with Gasteiger partial charge in [-0.05, 0) is 73.0 Å². The molecule has 1 fully saturated rings. The molecule has 8 nitrogen and oxygen atoms in total. The first-order valence-corrected chi connectivity index (χ1v) is 10.7. The third-order valence-corrected chi connectivity index (χ3v) is 5.99. The summed E-state index contributed by atoms with van der Waals surface area (Å²) >= 11 is 0. The minimum Gasteiger partial charge on any atom is -0.507 e. The average molecular weight is 454 g/mol. The Balaban J connectivity index is 1.71. The Morgan fingerprint density at radius 3 is 2.53 bits per heavy atom. The van der Waals surface area contributed by atoms with Gasteiger partial charge in [-0.15, -0.1) is 0 Å². The molecule has 0 spiro atoms. The van der Waals surface area contributed by atoms with Crippen molar-refractivity contribution in [2.75, 3.05) is 12.0 Å². The smallest absolute Gasteiger partial charge is 0.302 e. The number of benzene rings is 2. The quantitative estimate of drug-likeness (QED) is 0.272. The van der Waals surface area contributed by atoms with Crippen LogP contribution in [0.25, 0.3) is 16.8 Å². The lowest BCUT2D eigenvalue weighted by Crippen LogP contribution is -2.30. The lowest BCUT2D eigenvalue weighted by atomic mass is 9.95. The van der Waals surface area contributed by atoms with Crippen LogP contribution in [0.1, 0.15) is 28.3 Å². The molecule has 1 amide bonds. The number of fused-ring (bicyclic) bond motifs is 1. The Labute approximate surface area is 195 Å². The first-order valence-electron chi connectivity index (χ1n) is 10.7. The molecule has 0 radical (unpaired) electrons. The highest BCUT2D eigenvalue weighted by Gasteiger charge is 2.48. The summed E-state index contributed by atoms with van der Waals surface area (Å²) < 4.78 is 5.30. The zero-order valence-corrected chi connectivity index (χ0v) is 18.9. The van der Waals surface area contributed by atoms with Crippen LogP contribution in [0.4, 0.5) is 5.95 Å². The number of ether oxygens (including phenoxy) is 1. The first kappa shape index (κ1) is 21.4. The minimum atomic E-state index is -0.882. The van der Waals surface area contributed by atoms with Gasteiger partial charge in [0.1, 0.15) is 11.5 Å². The van der Waals surface area contributed by atoms with Gasteiger partial charge >= 0.3 is 5.91 Å². The molecule has 3 heterocycles. The summed E-state index contributed by atoms with van der Waals surface area (Å²) in [6, 6.07) is 13.3. The molecule has 34 heavy (non-hydrogen) atoms. The molecular formula is C26H22N4O4. The molecule has 1 unspecified atom stereocenters. The van der Waals surface area contributed by atoms with E-state index < -0.39 is 17.7 Å². The molecule has 0 saturated carbocycles. The van der Waals surface area contributed by atoms with Gasteiger partial charge < -0.3 is 14.8 Å². The second-order valence-electron chi connectivity index (χ2n) is 8.22. The zero-order valence-electron chi connectivity index (χ0n) is 18.9. The molecule has 4 aromatic rings. The summed E-state index contributed by atoms with van der Waals surface area (Å²) in [7, 11) is 1.56. The zero-order chi connectivity index (χ0) is 24.0. The van der Waals surface area contributed by atoms with Crippen LogP contribution in [0.5, 0.6) is 5.75 Å². The molecule has 0 aliphatic carbocycles.